The van der Waals surface area contributed by atoms with Crippen molar-refractivity contribution in [3.63, 3.8) is 0 Å². The fraction of sp³-hybridized carbons (Fsp3) is 0.214. The zero-order chi connectivity index (χ0) is 15.4. The summed E-state index contributed by atoms with van der Waals surface area (Å²) in [5.74, 6) is -1.30. The third-order valence-corrected chi connectivity index (χ3v) is 3.94. The summed E-state index contributed by atoms with van der Waals surface area (Å²) in [6.07, 6.45) is 0. The van der Waals surface area contributed by atoms with Crippen molar-refractivity contribution >= 4 is 28.7 Å². The molecule has 1 aromatic carbocycles. The van der Waals surface area contributed by atoms with E-state index >= 15 is 0 Å². The Morgan fingerprint density at radius 3 is 2.67 bits per heavy atom. The number of nitrogens with zero attached hydrogens (tertiary/aromatic N) is 2. The second kappa shape index (κ2) is 6.36. The SMILES string of the molecule is CCN(Cc1cccs1)c1cccc(C(=O)O)c1[N+](=O)[O-]. The van der Waals surface area contributed by atoms with Crippen molar-refractivity contribution in [3.05, 3.63) is 56.3 Å². The van der Waals surface area contributed by atoms with Crippen molar-refractivity contribution in [1.29, 1.82) is 0 Å². The van der Waals surface area contributed by atoms with E-state index in [1.807, 2.05) is 24.4 Å². The molecule has 0 saturated carbocycles. The van der Waals surface area contributed by atoms with Crippen LogP contribution in [0.1, 0.15) is 22.2 Å². The van der Waals surface area contributed by atoms with Gasteiger partial charge in [-0.3, -0.25) is 10.1 Å². The summed E-state index contributed by atoms with van der Waals surface area (Å²) in [4.78, 5) is 24.7. The number of benzene rings is 1. The van der Waals surface area contributed by atoms with E-state index in [4.69, 9.17) is 5.11 Å². The number of carbonyl (C=O) groups is 1. The molecule has 0 radical (unpaired) electrons. The molecule has 0 unspecified atom stereocenters. The largest absolute Gasteiger partial charge is 0.477 e. The lowest BCUT2D eigenvalue weighted by Gasteiger charge is -2.22. The van der Waals surface area contributed by atoms with Gasteiger partial charge in [-0.15, -0.1) is 11.3 Å². The Morgan fingerprint density at radius 1 is 1.38 bits per heavy atom. The van der Waals surface area contributed by atoms with Gasteiger partial charge in [0.05, 0.1) is 11.5 Å². The molecule has 0 bridgehead atoms. The van der Waals surface area contributed by atoms with Crippen LogP contribution >= 0.6 is 11.3 Å². The number of nitro groups is 1. The van der Waals surface area contributed by atoms with Crippen molar-refractivity contribution in [2.24, 2.45) is 0 Å². The number of hydrogen-bond acceptors (Lipinski definition) is 5. The van der Waals surface area contributed by atoms with Crippen LogP contribution in [-0.4, -0.2) is 22.5 Å². The molecule has 0 spiro atoms. The first-order valence-electron chi connectivity index (χ1n) is 6.32. The molecule has 2 rings (SSSR count). The second-order valence-corrected chi connectivity index (χ2v) is 5.36. The quantitative estimate of drug-likeness (QED) is 0.653. The van der Waals surface area contributed by atoms with Crippen molar-refractivity contribution in [2.75, 3.05) is 11.4 Å². The Labute approximate surface area is 125 Å². The maximum absolute atomic E-state index is 11.3. The first-order valence-corrected chi connectivity index (χ1v) is 7.20. The predicted molar refractivity (Wildman–Crippen MR) is 81.1 cm³/mol. The predicted octanol–water partition coefficient (Wildman–Crippen LogP) is 3.38. The molecule has 21 heavy (non-hydrogen) atoms. The lowest BCUT2D eigenvalue weighted by atomic mass is 10.1. The van der Waals surface area contributed by atoms with Crippen LogP contribution in [0, 0.1) is 10.1 Å². The standard InChI is InChI=1S/C14H14N2O4S/c1-2-15(9-10-5-4-8-21-10)12-7-3-6-11(14(17)18)13(12)16(19)20/h3-8H,2,9H2,1H3,(H,17,18). The van der Waals surface area contributed by atoms with Gasteiger partial charge in [-0.25, -0.2) is 4.79 Å². The minimum Gasteiger partial charge on any atom is -0.477 e. The molecule has 2 aromatic rings. The number of hydrogen-bond donors (Lipinski definition) is 1. The van der Waals surface area contributed by atoms with Crippen LogP contribution < -0.4 is 4.90 Å². The van der Waals surface area contributed by atoms with Crippen LogP contribution in [-0.2, 0) is 6.54 Å². The maximum Gasteiger partial charge on any atom is 0.342 e. The summed E-state index contributed by atoms with van der Waals surface area (Å²) >= 11 is 1.56. The van der Waals surface area contributed by atoms with Gasteiger partial charge in [0.1, 0.15) is 11.3 Å². The second-order valence-electron chi connectivity index (χ2n) is 4.33. The fourth-order valence-corrected chi connectivity index (χ4v) is 2.83. The highest BCUT2D eigenvalue weighted by atomic mass is 32.1. The first-order chi connectivity index (χ1) is 10.0. The topological polar surface area (TPSA) is 83.7 Å². The summed E-state index contributed by atoms with van der Waals surface area (Å²) in [6.45, 7) is 2.94. The van der Waals surface area contributed by atoms with Crippen LogP contribution in [0.15, 0.2) is 35.7 Å². The minimum absolute atomic E-state index is 0.290. The third-order valence-electron chi connectivity index (χ3n) is 3.08. The van der Waals surface area contributed by atoms with Gasteiger partial charge < -0.3 is 10.0 Å². The van der Waals surface area contributed by atoms with E-state index < -0.39 is 10.9 Å². The van der Waals surface area contributed by atoms with Crippen molar-refractivity contribution < 1.29 is 14.8 Å². The highest BCUT2D eigenvalue weighted by Gasteiger charge is 2.26. The van der Waals surface area contributed by atoms with Gasteiger partial charge in [0.25, 0.3) is 0 Å². The molecule has 0 saturated heterocycles. The monoisotopic (exact) mass is 306 g/mol. The van der Waals surface area contributed by atoms with E-state index in [0.29, 0.717) is 18.8 Å². The molecule has 0 aliphatic carbocycles. The molecule has 110 valence electrons. The van der Waals surface area contributed by atoms with Crippen LogP contribution in [0.2, 0.25) is 0 Å². The van der Waals surface area contributed by atoms with Gasteiger partial charge in [0.15, 0.2) is 0 Å². The molecule has 0 aliphatic heterocycles. The summed E-state index contributed by atoms with van der Waals surface area (Å²) in [7, 11) is 0. The van der Waals surface area contributed by atoms with Crippen LogP contribution in [0.3, 0.4) is 0 Å². The molecule has 1 heterocycles. The highest BCUT2D eigenvalue weighted by molar-refractivity contribution is 7.09. The first kappa shape index (κ1) is 15.0. The molecule has 0 atom stereocenters. The number of rotatable bonds is 6. The molecule has 1 aromatic heterocycles. The molecule has 0 fully saturated rings. The number of anilines is 1. The maximum atomic E-state index is 11.3. The van der Waals surface area contributed by atoms with Gasteiger partial charge in [-0.05, 0) is 30.5 Å². The summed E-state index contributed by atoms with van der Waals surface area (Å²) < 4.78 is 0. The van der Waals surface area contributed by atoms with Crippen molar-refractivity contribution in [1.82, 2.24) is 0 Å². The average Bonchev–Trinajstić information content (AvgIpc) is 2.96. The molecule has 6 nitrogen and oxygen atoms in total. The third kappa shape index (κ3) is 3.19. The van der Waals surface area contributed by atoms with Gasteiger partial charge >= 0.3 is 11.7 Å². The number of nitro benzene ring substituents is 1. The van der Waals surface area contributed by atoms with Crippen LogP contribution in [0.25, 0.3) is 0 Å². The summed E-state index contributed by atoms with van der Waals surface area (Å²) in [5, 5.41) is 22.4. The number of carboxylic acids is 1. The minimum atomic E-state index is -1.30. The van der Waals surface area contributed by atoms with Crippen LogP contribution in [0.5, 0.6) is 0 Å². The zero-order valence-electron chi connectivity index (χ0n) is 11.4. The normalized spacial score (nSPS) is 10.3. The molecule has 7 heteroatoms. The summed E-state index contributed by atoms with van der Waals surface area (Å²) in [5.41, 5.74) is -0.318. The lowest BCUT2D eigenvalue weighted by molar-refractivity contribution is -0.384. The zero-order valence-corrected chi connectivity index (χ0v) is 12.2. The van der Waals surface area contributed by atoms with Crippen LogP contribution in [0.4, 0.5) is 11.4 Å². The average molecular weight is 306 g/mol. The fourth-order valence-electron chi connectivity index (χ4n) is 2.11. The highest BCUT2D eigenvalue weighted by Crippen LogP contribution is 2.33. The molecule has 1 N–H and O–H groups in total. The van der Waals surface area contributed by atoms with E-state index in [1.54, 1.807) is 22.3 Å². The smallest absolute Gasteiger partial charge is 0.342 e. The Bertz CT molecular complexity index is 655. The summed E-state index contributed by atoms with van der Waals surface area (Å²) in [6, 6.07) is 8.23. The van der Waals surface area contributed by atoms with Gasteiger partial charge in [0, 0.05) is 11.4 Å². The van der Waals surface area contributed by atoms with E-state index in [2.05, 4.69) is 0 Å². The molecule has 0 aliphatic rings. The van der Waals surface area contributed by atoms with Gasteiger partial charge in [-0.1, -0.05) is 12.1 Å². The molecular formula is C14H14N2O4S. The number of para-hydroxylation sites is 1. The van der Waals surface area contributed by atoms with E-state index in [-0.39, 0.29) is 11.3 Å². The molecular weight excluding hydrogens is 292 g/mol. The molecule has 0 amide bonds. The van der Waals surface area contributed by atoms with Crippen molar-refractivity contribution in [2.45, 2.75) is 13.5 Å². The number of thiophene rings is 1. The van der Waals surface area contributed by atoms with E-state index in [1.165, 1.54) is 12.1 Å². The Morgan fingerprint density at radius 2 is 2.14 bits per heavy atom. The van der Waals surface area contributed by atoms with E-state index in [0.717, 1.165) is 4.88 Å². The Balaban J connectivity index is 2.47. The van der Waals surface area contributed by atoms with Gasteiger partial charge in [0.2, 0.25) is 0 Å². The Kier molecular flexibility index (Phi) is 4.54. The van der Waals surface area contributed by atoms with Crippen molar-refractivity contribution in [3.8, 4) is 0 Å². The van der Waals surface area contributed by atoms with Gasteiger partial charge in [-0.2, -0.15) is 0 Å². The van der Waals surface area contributed by atoms with E-state index in [9.17, 15) is 14.9 Å². The number of aromatic carboxylic acids is 1. The lowest BCUT2D eigenvalue weighted by Crippen LogP contribution is -2.23. The Hall–Kier alpha value is -2.41. The number of carboxylic acid groups (broad SMARTS) is 1.